The fraction of sp³-hybridized carbons (Fsp3) is 0.364. The Labute approximate surface area is 100 Å². The standard InChI is InChI=1S/C11H17N3O3/c1-16-9-5-8(6-10(7-9)17-2)13-4-3-11(12)14-15/h5-7,13,15H,3-4H2,1-2H3,(H2,12,14). The summed E-state index contributed by atoms with van der Waals surface area (Å²) < 4.78 is 10.3. The second-order valence-electron chi connectivity index (χ2n) is 3.37. The summed E-state index contributed by atoms with van der Waals surface area (Å²) in [4.78, 5) is 0. The Balaban J connectivity index is 2.63. The smallest absolute Gasteiger partial charge is 0.140 e. The molecule has 0 atom stereocenters. The summed E-state index contributed by atoms with van der Waals surface area (Å²) in [5, 5.41) is 14.4. The zero-order valence-electron chi connectivity index (χ0n) is 9.93. The van der Waals surface area contributed by atoms with Crippen LogP contribution in [0.15, 0.2) is 23.4 Å². The van der Waals surface area contributed by atoms with Crippen LogP contribution in [0, 0.1) is 0 Å². The second-order valence-corrected chi connectivity index (χ2v) is 3.37. The monoisotopic (exact) mass is 239 g/mol. The fourth-order valence-electron chi connectivity index (χ4n) is 1.29. The van der Waals surface area contributed by atoms with Gasteiger partial charge in [0.25, 0.3) is 0 Å². The molecule has 0 bridgehead atoms. The molecule has 1 aromatic carbocycles. The van der Waals surface area contributed by atoms with E-state index in [2.05, 4.69) is 10.5 Å². The summed E-state index contributed by atoms with van der Waals surface area (Å²) >= 11 is 0. The van der Waals surface area contributed by atoms with Gasteiger partial charge in [0.05, 0.1) is 14.2 Å². The van der Waals surface area contributed by atoms with Gasteiger partial charge in [-0.1, -0.05) is 5.16 Å². The maximum absolute atomic E-state index is 8.39. The minimum absolute atomic E-state index is 0.187. The fourth-order valence-corrected chi connectivity index (χ4v) is 1.29. The van der Waals surface area contributed by atoms with Gasteiger partial charge in [0, 0.05) is 36.9 Å². The maximum atomic E-state index is 8.39. The van der Waals surface area contributed by atoms with Crippen LogP contribution < -0.4 is 20.5 Å². The van der Waals surface area contributed by atoms with Gasteiger partial charge >= 0.3 is 0 Å². The van der Waals surface area contributed by atoms with Crippen LogP contribution in [-0.2, 0) is 0 Å². The lowest BCUT2D eigenvalue weighted by atomic mass is 10.2. The minimum atomic E-state index is 0.187. The molecule has 0 fully saturated rings. The lowest BCUT2D eigenvalue weighted by Crippen LogP contribution is -2.16. The van der Waals surface area contributed by atoms with Crippen LogP contribution in [0.4, 0.5) is 5.69 Å². The van der Waals surface area contributed by atoms with Gasteiger partial charge in [-0.2, -0.15) is 0 Å². The number of oxime groups is 1. The number of hydrogen-bond acceptors (Lipinski definition) is 5. The number of ether oxygens (including phenoxy) is 2. The van der Waals surface area contributed by atoms with Crippen molar-refractivity contribution in [3.05, 3.63) is 18.2 Å². The van der Waals surface area contributed by atoms with E-state index in [-0.39, 0.29) is 5.84 Å². The second kappa shape index (κ2) is 6.47. The highest BCUT2D eigenvalue weighted by atomic mass is 16.5. The van der Waals surface area contributed by atoms with Gasteiger partial charge in [-0.25, -0.2) is 0 Å². The number of hydrogen-bond donors (Lipinski definition) is 3. The van der Waals surface area contributed by atoms with E-state index in [1.165, 1.54) is 0 Å². The number of nitrogens with one attached hydrogen (secondary N) is 1. The normalized spacial score (nSPS) is 11.1. The summed E-state index contributed by atoms with van der Waals surface area (Å²) in [6.07, 6.45) is 0.454. The van der Waals surface area contributed by atoms with Crippen molar-refractivity contribution in [2.24, 2.45) is 10.9 Å². The van der Waals surface area contributed by atoms with E-state index in [1.54, 1.807) is 20.3 Å². The minimum Gasteiger partial charge on any atom is -0.497 e. The van der Waals surface area contributed by atoms with Crippen LogP contribution in [0.3, 0.4) is 0 Å². The highest BCUT2D eigenvalue weighted by Gasteiger charge is 2.01. The number of nitrogens with two attached hydrogens (primary N) is 1. The van der Waals surface area contributed by atoms with Gasteiger partial charge in [0.2, 0.25) is 0 Å². The first kappa shape index (κ1) is 13.0. The zero-order chi connectivity index (χ0) is 12.7. The molecule has 0 aliphatic carbocycles. The van der Waals surface area contributed by atoms with E-state index in [9.17, 15) is 0 Å². The summed E-state index contributed by atoms with van der Waals surface area (Å²) in [7, 11) is 3.18. The predicted molar refractivity (Wildman–Crippen MR) is 66.1 cm³/mol. The van der Waals surface area contributed by atoms with E-state index in [4.69, 9.17) is 20.4 Å². The molecule has 6 heteroatoms. The van der Waals surface area contributed by atoms with E-state index in [0.717, 1.165) is 5.69 Å². The lowest BCUT2D eigenvalue weighted by molar-refractivity contribution is 0.317. The molecule has 1 rings (SSSR count). The Morgan fingerprint density at radius 1 is 1.29 bits per heavy atom. The first-order valence-corrected chi connectivity index (χ1v) is 5.13. The first-order valence-electron chi connectivity index (χ1n) is 5.13. The van der Waals surface area contributed by atoms with Crippen molar-refractivity contribution in [3.8, 4) is 11.5 Å². The average molecular weight is 239 g/mol. The third-order valence-corrected chi connectivity index (χ3v) is 2.19. The molecule has 0 aliphatic heterocycles. The topological polar surface area (TPSA) is 89.1 Å². The number of amidine groups is 1. The van der Waals surface area contributed by atoms with Gasteiger partial charge in [-0.3, -0.25) is 0 Å². The van der Waals surface area contributed by atoms with Gasteiger partial charge in [-0.05, 0) is 0 Å². The van der Waals surface area contributed by atoms with Crippen LogP contribution in [0.5, 0.6) is 11.5 Å². The molecule has 1 aromatic rings. The maximum Gasteiger partial charge on any atom is 0.140 e. The van der Waals surface area contributed by atoms with Crippen LogP contribution in [0.2, 0.25) is 0 Å². The molecular formula is C11H17N3O3. The summed E-state index contributed by atoms with van der Waals surface area (Å²) in [6.45, 7) is 0.562. The van der Waals surface area contributed by atoms with Crippen LogP contribution in [0.25, 0.3) is 0 Å². The quantitative estimate of drug-likeness (QED) is 0.301. The largest absolute Gasteiger partial charge is 0.497 e. The van der Waals surface area contributed by atoms with Crippen molar-refractivity contribution in [1.29, 1.82) is 0 Å². The Kier molecular flexibility index (Phi) is 4.93. The molecule has 0 saturated carbocycles. The molecule has 0 heterocycles. The third-order valence-electron chi connectivity index (χ3n) is 2.19. The highest BCUT2D eigenvalue weighted by molar-refractivity contribution is 5.80. The van der Waals surface area contributed by atoms with Crippen molar-refractivity contribution >= 4 is 11.5 Å². The number of anilines is 1. The molecular weight excluding hydrogens is 222 g/mol. The van der Waals surface area contributed by atoms with Crippen molar-refractivity contribution < 1.29 is 14.7 Å². The van der Waals surface area contributed by atoms with Gasteiger partial charge in [-0.15, -0.1) is 0 Å². The number of rotatable bonds is 6. The molecule has 94 valence electrons. The summed E-state index contributed by atoms with van der Waals surface area (Å²) in [5.74, 6) is 1.60. The van der Waals surface area contributed by atoms with Gasteiger partial charge < -0.3 is 25.7 Å². The number of methoxy groups -OCH3 is 2. The Morgan fingerprint density at radius 3 is 2.35 bits per heavy atom. The first-order chi connectivity index (χ1) is 8.19. The van der Waals surface area contributed by atoms with Crippen LogP contribution in [0.1, 0.15) is 6.42 Å². The molecule has 0 unspecified atom stereocenters. The Bertz CT molecular complexity index is 371. The number of benzene rings is 1. The Morgan fingerprint density at radius 2 is 1.88 bits per heavy atom. The number of nitrogens with zero attached hydrogens (tertiary/aromatic N) is 1. The molecule has 17 heavy (non-hydrogen) atoms. The Hall–Kier alpha value is -2.11. The van der Waals surface area contributed by atoms with Gasteiger partial charge in [0.1, 0.15) is 17.3 Å². The third kappa shape index (κ3) is 4.10. The molecule has 6 nitrogen and oxygen atoms in total. The van der Waals surface area contributed by atoms with Crippen molar-refractivity contribution in [2.45, 2.75) is 6.42 Å². The van der Waals surface area contributed by atoms with Crippen LogP contribution >= 0.6 is 0 Å². The summed E-state index contributed by atoms with van der Waals surface area (Å²) in [5.41, 5.74) is 6.21. The average Bonchev–Trinajstić information content (AvgIpc) is 2.37. The molecule has 4 N–H and O–H groups in total. The molecule has 0 radical (unpaired) electrons. The highest BCUT2D eigenvalue weighted by Crippen LogP contribution is 2.25. The summed E-state index contributed by atoms with van der Waals surface area (Å²) in [6, 6.07) is 5.47. The SMILES string of the molecule is COc1cc(NCCC(N)=NO)cc(OC)c1. The van der Waals surface area contributed by atoms with Gasteiger partial charge in [0.15, 0.2) is 0 Å². The molecule has 0 saturated heterocycles. The van der Waals surface area contributed by atoms with Crippen molar-refractivity contribution in [3.63, 3.8) is 0 Å². The predicted octanol–water partition coefficient (Wildman–Crippen LogP) is 1.25. The molecule has 0 amide bonds. The molecule has 0 spiro atoms. The molecule has 0 aliphatic rings. The molecule has 0 aromatic heterocycles. The lowest BCUT2D eigenvalue weighted by Gasteiger charge is -2.10. The van der Waals surface area contributed by atoms with E-state index in [0.29, 0.717) is 24.5 Å². The van der Waals surface area contributed by atoms with E-state index in [1.807, 2.05) is 12.1 Å². The zero-order valence-corrected chi connectivity index (χ0v) is 9.93. The van der Waals surface area contributed by atoms with E-state index >= 15 is 0 Å². The van der Waals surface area contributed by atoms with Crippen molar-refractivity contribution in [2.75, 3.05) is 26.1 Å². The van der Waals surface area contributed by atoms with Crippen molar-refractivity contribution in [1.82, 2.24) is 0 Å². The van der Waals surface area contributed by atoms with E-state index < -0.39 is 0 Å². The van der Waals surface area contributed by atoms with Crippen LogP contribution in [-0.4, -0.2) is 31.8 Å².